The van der Waals surface area contributed by atoms with E-state index < -0.39 is 0 Å². The lowest BCUT2D eigenvalue weighted by Gasteiger charge is -2.33. The van der Waals surface area contributed by atoms with Gasteiger partial charge in [0.05, 0.1) is 40.9 Å². The fourth-order valence-electron chi connectivity index (χ4n) is 3.32. The first-order valence-corrected chi connectivity index (χ1v) is 8.90. The van der Waals surface area contributed by atoms with Crippen LogP contribution in [0.2, 0.25) is 0 Å². The minimum Gasteiger partial charge on any atom is -0.493 e. The van der Waals surface area contributed by atoms with Gasteiger partial charge in [0.2, 0.25) is 11.7 Å². The first kappa shape index (κ1) is 19.0. The minimum atomic E-state index is -0.101. The zero-order valence-electron chi connectivity index (χ0n) is 15.9. The molecular formula is C21H25NO5. The molecule has 1 aliphatic rings. The predicted octanol–water partition coefficient (Wildman–Crippen LogP) is 2.86. The summed E-state index contributed by atoms with van der Waals surface area (Å²) in [6, 6.07) is 13.6. The number of amides is 1. The summed E-state index contributed by atoms with van der Waals surface area (Å²) in [5.74, 6) is 1.62. The van der Waals surface area contributed by atoms with Gasteiger partial charge in [-0.1, -0.05) is 36.4 Å². The zero-order valence-corrected chi connectivity index (χ0v) is 15.9. The van der Waals surface area contributed by atoms with Crippen molar-refractivity contribution in [2.24, 2.45) is 0 Å². The van der Waals surface area contributed by atoms with Gasteiger partial charge in [-0.2, -0.15) is 0 Å². The molecule has 0 N–H and O–H groups in total. The quantitative estimate of drug-likeness (QED) is 0.782. The van der Waals surface area contributed by atoms with Crippen LogP contribution in [-0.4, -0.2) is 51.8 Å². The molecule has 1 unspecified atom stereocenters. The Balaban J connectivity index is 1.75. The summed E-state index contributed by atoms with van der Waals surface area (Å²) >= 11 is 0. The lowest BCUT2D eigenvalue weighted by molar-refractivity contribution is -0.138. The van der Waals surface area contributed by atoms with Crippen molar-refractivity contribution < 1.29 is 23.7 Å². The van der Waals surface area contributed by atoms with Gasteiger partial charge in [-0.3, -0.25) is 4.79 Å². The van der Waals surface area contributed by atoms with Crippen molar-refractivity contribution in [3.05, 3.63) is 53.6 Å². The minimum absolute atomic E-state index is 0.0322. The first-order chi connectivity index (χ1) is 13.2. The SMILES string of the molecule is COc1ccc(CC(=O)N2CCOC(c3ccccc3)C2)c(OC)c1OC. The second-order valence-electron chi connectivity index (χ2n) is 6.28. The maximum Gasteiger partial charge on any atom is 0.227 e. The summed E-state index contributed by atoms with van der Waals surface area (Å²) in [5, 5.41) is 0. The molecule has 6 nitrogen and oxygen atoms in total. The molecule has 0 aliphatic carbocycles. The molecule has 27 heavy (non-hydrogen) atoms. The van der Waals surface area contributed by atoms with Gasteiger partial charge in [0.25, 0.3) is 0 Å². The maximum absolute atomic E-state index is 12.9. The molecule has 0 radical (unpaired) electrons. The molecule has 2 aromatic carbocycles. The first-order valence-electron chi connectivity index (χ1n) is 8.90. The van der Waals surface area contributed by atoms with Crippen molar-refractivity contribution in [2.45, 2.75) is 12.5 Å². The van der Waals surface area contributed by atoms with E-state index in [9.17, 15) is 4.79 Å². The van der Waals surface area contributed by atoms with Gasteiger partial charge < -0.3 is 23.8 Å². The van der Waals surface area contributed by atoms with Crippen molar-refractivity contribution >= 4 is 5.91 Å². The number of methoxy groups -OCH3 is 3. The van der Waals surface area contributed by atoms with Gasteiger partial charge in [-0.15, -0.1) is 0 Å². The summed E-state index contributed by atoms with van der Waals surface area (Å²) in [7, 11) is 4.68. The van der Waals surface area contributed by atoms with E-state index >= 15 is 0 Å². The van der Waals surface area contributed by atoms with E-state index in [1.807, 2.05) is 41.3 Å². The third-order valence-electron chi connectivity index (χ3n) is 4.72. The second kappa shape index (κ2) is 8.77. The third kappa shape index (κ3) is 4.17. The molecule has 1 fully saturated rings. The van der Waals surface area contributed by atoms with Crippen LogP contribution in [0.1, 0.15) is 17.2 Å². The average molecular weight is 371 g/mol. The molecule has 1 saturated heterocycles. The smallest absolute Gasteiger partial charge is 0.227 e. The van der Waals surface area contributed by atoms with E-state index in [2.05, 4.69) is 0 Å². The number of ether oxygens (including phenoxy) is 4. The van der Waals surface area contributed by atoms with Gasteiger partial charge >= 0.3 is 0 Å². The fourth-order valence-corrected chi connectivity index (χ4v) is 3.32. The van der Waals surface area contributed by atoms with Crippen LogP contribution in [0.25, 0.3) is 0 Å². The van der Waals surface area contributed by atoms with E-state index in [0.29, 0.717) is 36.9 Å². The van der Waals surface area contributed by atoms with E-state index in [-0.39, 0.29) is 18.4 Å². The number of morpholine rings is 1. The molecule has 1 amide bonds. The summed E-state index contributed by atoms with van der Waals surface area (Å²) in [6.07, 6.45) is 0.126. The van der Waals surface area contributed by atoms with E-state index in [0.717, 1.165) is 11.1 Å². The molecule has 1 heterocycles. The van der Waals surface area contributed by atoms with Crippen molar-refractivity contribution in [1.29, 1.82) is 0 Å². The number of rotatable bonds is 6. The molecule has 144 valence electrons. The molecular weight excluding hydrogens is 346 g/mol. The van der Waals surface area contributed by atoms with Gasteiger partial charge in [0.15, 0.2) is 11.5 Å². The van der Waals surface area contributed by atoms with Crippen molar-refractivity contribution in [3.63, 3.8) is 0 Å². The number of hydrogen-bond donors (Lipinski definition) is 0. The van der Waals surface area contributed by atoms with Crippen LogP contribution < -0.4 is 14.2 Å². The third-order valence-corrected chi connectivity index (χ3v) is 4.72. The number of hydrogen-bond acceptors (Lipinski definition) is 5. The van der Waals surface area contributed by atoms with Crippen LogP contribution in [0.15, 0.2) is 42.5 Å². The Morgan fingerprint density at radius 3 is 2.44 bits per heavy atom. The normalized spacial score (nSPS) is 16.7. The van der Waals surface area contributed by atoms with Crippen LogP contribution in [-0.2, 0) is 16.0 Å². The Morgan fingerprint density at radius 1 is 1.04 bits per heavy atom. The second-order valence-corrected chi connectivity index (χ2v) is 6.28. The zero-order chi connectivity index (χ0) is 19.2. The van der Waals surface area contributed by atoms with E-state index in [1.54, 1.807) is 27.4 Å². The number of benzene rings is 2. The summed E-state index contributed by atoms with van der Waals surface area (Å²) in [6.45, 7) is 1.64. The summed E-state index contributed by atoms with van der Waals surface area (Å²) in [4.78, 5) is 14.8. The van der Waals surface area contributed by atoms with Crippen molar-refractivity contribution in [3.8, 4) is 17.2 Å². The highest BCUT2D eigenvalue weighted by atomic mass is 16.5. The van der Waals surface area contributed by atoms with Gasteiger partial charge in [0, 0.05) is 12.1 Å². The average Bonchev–Trinajstić information content (AvgIpc) is 2.73. The predicted molar refractivity (Wildman–Crippen MR) is 102 cm³/mol. The topological polar surface area (TPSA) is 57.2 Å². The molecule has 0 aromatic heterocycles. The molecule has 1 atom stereocenters. The van der Waals surface area contributed by atoms with Crippen LogP contribution >= 0.6 is 0 Å². The Labute approximate surface area is 159 Å². The Morgan fingerprint density at radius 2 is 1.78 bits per heavy atom. The van der Waals surface area contributed by atoms with Crippen LogP contribution in [0.3, 0.4) is 0 Å². The number of carbonyl (C=O) groups is 1. The summed E-state index contributed by atoms with van der Waals surface area (Å²) in [5.41, 5.74) is 1.85. The summed E-state index contributed by atoms with van der Waals surface area (Å²) < 4.78 is 22.0. The van der Waals surface area contributed by atoms with Crippen molar-refractivity contribution in [2.75, 3.05) is 41.0 Å². The van der Waals surface area contributed by atoms with Gasteiger partial charge in [0.1, 0.15) is 6.10 Å². The van der Waals surface area contributed by atoms with E-state index in [4.69, 9.17) is 18.9 Å². The maximum atomic E-state index is 12.9. The van der Waals surface area contributed by atoms with Crippen LogP contribution in [0, 0.1) is 0 Å². The van der Waals surface area contributed by atoms with Gasteiger partial charge in [-0.05, 0) is 11.6 Å². The molecule has 0 spiro atoms. The lowest BCUT2D eigenvalue weighted by atomic mass is 10.1. The lowest BCUT2D eigenvalue weighted by Crippen LogP contribution is -2.43. The monoisotopic (exact) mass is 371 g/mol. The molecule has 0 saturated carbocycles. The standard InChI is InChI=1S/C21H25NO5/c1-24-17-10-9-16(20(25-2)21(17)26-3)13-19(23)22-11-12-27-18(14-22)15-7-5-4-6-8-15/h4-10,18H,11-14H2,1-3H3. The molecule has 6 heteroatoms. The molecule has 3 rings (SSSR count). The Bertz CT molecular complexity index is 778. The van der Waals surface area contributed by atoms with Crippen LogP contribution in [0.5, 0.6) is 17.2 Å². The Kier molecular flexibility index (Phi) is 6.19. The molecule has 2 aromatic rings. The van der Waals surface area contributed by atoms with Crippen molar-refractivity contribution in [1.82, 2.24) is 4.90 Å². The largest absolute Gasteiger partial charge is 0.493 e. The number of nitrogens with zero attached hydrogens (tertiary/aromatic N) is 1. The van der Waals surface area contributed by atoms with Gasteiger partial charge in [-0.25, -0.2) is 0 Å². The Hall–Kier alpha value is -2.73. The highest BCUT2D eigenvalue weighted by molar-refractivity contribution is 5.80. The van der Waals surface area contributed by atoms with E-state index in [1.165, 1.54) is 0 Å². The highest BCUT2D eigenvalue weighted by Crippen LogP contribution is 2.40. The fraction of sp³-hybridized carbons (Fsp3) is 0.381. The number of carbonyl (C=O) groups excluding carboxylic acids is 1. The van der Waals surface area contributed by atoms with Crippen LogP contribution in [0.4, 0.5) is 0 Å². The highest BCUT2D eigenvalue weighted by Gasteiger charge is 2.26. The molecule has 0 bridgehead atoms. The molecule has 1 aliphatic heterocycles.